The Kier molecular flexibility index (Phi) is 4.88. The summed E-state index contributed by atoms with van der Waals surface area (Å²) in [4.78, 5) is 11.9. The summed E-state index contributed by atoms with van der Waals surface area (Å²) in [6.45, 7) is 0. The molecule has 20 heavy (non-hydrogen) atoms. The smallest absolute Gasteiger partial charge is 0.224 e. The zero-order valence-corrected chi connectivity index (χ0v) is 12.2. The third-order valence-electron chi connectivity index (χ3n) is 2.90. The van der Waals surface area contributed by atoms with Crippen molar-refractivity contribution in [2.45, 2.75) is 12.8 Å². The van der Waals surface area contributed by atoms with E-state index in [0.717, 1.165) is 5.56 Å². The van der Waals surface area contributed by atoms with E-state index in [1.54, 1.807) is 18.2 Å². The quantitative estimate of drug-likeness (QED) is 0.834. The minimum atomic E-state index is -0.127. The molecule has 2 aromatic rings. The number of aryl methyl sites for hydroxylation is 1. The molecule has 5 heteroatoms. The SMILES string of the molecule is Nc1ccccc1CCC(=O)Nc1cccc(Cl)c1Cl. The first-order valence-corrected chi connectivity index (χ1v) is 6.91. The van der Waals surface area contributed by atoms with E-state index in [-0.39, 0.29) is 5.91 Å². The molecule has 2 rings (SSSR count). The molecule has 0 spiro atoms. The Morgan fingerprint density at radius 3 is 2.60 bits per heavy atom. The van der Waals surface area contributed by atoms with E-state index in [2.05, 4.69) is 5.32 Å². The Morgan fingerprint density at radius 1 is 1.10 bits per heavy atom. The molecule has 0 aliphatic carbocycles. The molecule has 0 fully saturated rings. The van der Waals surface area contributed by atoms with Crippen LogP contribution in [0.15, 0.2) is 42.5 Å². The van der Waals surface area contributed by atoms with Gasteiger partial charge < -0.3 is 11.1 Å². The van der Waals surface area contributed by atoms with Crippen molar-refractivity contribution in [3.63, 3.8) is 0 Å². The number of nitrogens with one attached hydrogen (secondary N) is 1. The fraction of sp³-hybridized carbons (Fsp3) is 0.133. The Labute approximate surface area is 127 Å². The Bertz CT molecular complexity index is 629. The van der Waals surface area contributed by atoms with E-state index in [9.17, 15) is 4.79 Å². The van der Waals surface area contributed by atoms with Crippen LogP contribution < -0.4 is 11.1 Å². The van der Waals surface area contributed by atoms with Gasteiger partial charge in [0.1, 0.15) is 0 Å². The normalized spacial score (nSPS) is 10.3. The predicted octanol–water partition coefficient (Wildman–Crippen LogP) is 4.15. The van der Waals surface area contributed by atoms with Gasteiger partial charge in [0.05, 0.1) is 15.7 Å². The topological polar surface area (TPSA) is 55.1 Å². The van der Waals surface area contributed by atoms with E-state index in [0.29, 0.717) is 34.3 Å². The number of para-hydroxylation sites is 1. The lowest BCUT2D eigenvalue weighted by Gasteiger charge is -2.09. The number of benzene rings is 2. The minimum Gasteiger partial charge on any atom is -0.399 e. The summed E-state index contributed by atoms with van der Waals surface area (Å²) in [7, 11) is 0. The van der Waals surface area contributed by atoms with Gasteiger partial charge in [0.25, 0.3) is 0 Å². The number of halogens is 2. The molecule has 0 bridgehead atoms. The molecule has 0 radical (unpaired) electrons. The summed E-state index contributed by atoms with van der Waals surface area (Å²) >= 11 is 11.9. The van der Waals surface area contributed by atoms with E-state index in [1.165, 1.54) is 0 Å². The number of amides is 1. The van der Waals surface area contributed by atoms with Crippen LogP contribution >= 0.6 is 23.2 Å². The maximum absolute atomic E-state index is 11.9. The number of anilines is 2. The first-order valence-electron chi connectivity index (χ1n) is 6.15. The van der Waals surface area contributed by atoms with Crippen LogP contribution in [0.3, 0.4) is 0 Å². The van der Waals surface area contributed by atoms with Crippen molar-refractivity contribution in [2.75, 3.05) is 11.1 Å². The molecular formula is C15H14Cl2N2O. The maximum atomic E-state index is 11.9. The third kappa shape index (κ3) is 3.65. The molecule has 0 atom stereocenters. The molecule has 0 unspecified atom stereocenters. The Hall–Kier alpha value is -1.71. The lowest BCUT2D eigenvalue weighted by molar-refractivity contribution is -0.116. The van der Waals surface area contributed by atoms with Gasteiger partial charge in [-0.25, -0.2) is 0 Å². The van der Waals surface area contributed by atoms with Gasteiger partial charge >= 0.3 is 0 Å². The van der Waals surface area contributed by atoms with Crippen molar-refractivity contribution in [3.8, 4) is 0 Å². The summed E-state index contributed by atoms with van der Waals surface area (Å²) in [6.07, 6.45) is 0.910. The molecule has 0 aromatic heterocycles. The fourth-order valence-corrected chi connectivity index (χ4v) is 2.17. The second-order valence-electron chi connectivity index (χ2n) is 4.35. The Morgan fingerprint density at radius 2 is 1.85 bits per heavy atom. The molecule has 0 heterocycles. The summed E-state index contributed by atoms with van der Waals surface area (Å²) in [5.41, 5.74) is 8.01. The molecule has 3 nitrogen and oxygen atoms in total. The largest absolute Gasteiger partial charge is 0.399 e. The van der Waals surface area contributed by atoms with Gasteiger partial charge in [-0.05, 0) is 30.2 Å². The highest BCUT2D eigenvalue weighted by molar-refractivity contribution is 6.43. The molecular weight excluding hydrogens is 295 g/mol. The van der Waals surface area contributed by atoms with E-state index >= 15 is 0 Å². The van der Waals surface area contributed by atoms with Crippen molar-refractivity contribution in [1.82, 2.24) is 0 Å². The number of nitrogen functional groups attached to an aromatic ring is 1. The maximum Gasteiger partial charge on any atom is 0.224 e. The molecule has 1 amide bonds. The summed E-state index contributed by atoms with van der Waals surface area (Å²) in [6, 6.07) is 12.6. The van der Waals surface area contributed by atoms with Crippen LogP contribution in [0.25, 0.3) is 0 Å². The number of rotatable bonds is 4. The van der Waals surface area contributed by atoms with Crippen LogP contribution in [-0.4, -0.2) is 5.91 Å². The standard InChI is InChI=1S/C15H14Cl2N2O/c16-11-5-3-7-13(15(11)17)19-14(20)9-8-10-4-1-2-6-12(10)18/h1-7H,8-9,18H2,(H,19,20). The molecule has 0 aliphatic rings. The Balaban J connectivity index is 1.96. The number of hydrogen-bond acceptors (Lipinski definition) is 2. The highest BCUT2D eigenvalue weighted by atomic mass is 35.5. The van der Waals surface area contributed by atoms with Crippen LogP contribution in [0.4, 0.5) is 11.4 Å². The van der Waals surface area contributed by atoms with E-state index < -0.39 is 0 Å². The number of carbonyl (C=O) groups excluding carboxylic acids is 1. The van der Waals surface area contributed by atoms with Gasteiger partial charge in [-0.15, -0.1) is 0 Å². The van der Waals surface area contributed by atoms with E-state index in [4.69, 9.17) is 28.9 Å². The van der Waals surface area contributed by atoms with Crippen molar-refractivity contribution in [3.05, 3.63) is 58.1 Å². The summed E-state index contributed by atoms with van der Waals surface area (Å²) in [5, 5.41) is 3.51. The van der Waals surface area contributed by atoms with Crippen molar-refractivity contribution < 1.29 is 4.79 Å². The second-order valence-corrected chi connectivity index (χ2v) is 5.13. The summed E-state index contributed by atoms with van der Waals surface area (Å²) in [5.74, 6) is -0.127. The predicted molar refractivity (Wildman–Crippen MR) is 84.3 cm³/mol. The van der Waals surface area contributed by atoms with Crippen molar-refractivity contribution in [1.29, 1.82) is 0 Å². The first-order chi connectivity index (χ1) is 9.58. The van der Waals surface area contributed by atoms with Crippen molar-refractivity contribution >= 4 is 40.5 Å². The number of carbonyl (C=O) groups is 1. The zero-order chi connectivity index (χ0) is 14.5. The third-order valence-corrected chi connectivity index (χ3v) is 3.72. The zero-order valence-electron chi connectivity index (χ0n) is 10.7. The molecule has 2 aromatic carbocycles. The molecule has 0 saturated heterocycles. The lowest BCUT2D eigenvalue weighted by Crippen LogP contribution is -2.13. The van der Waals surface area contributed by atoms with Crippen LogP contribution in [-0.2, 0) is 11.2 Å². The van der Waals surface area contributed by atoms with Gasteiger partial charge in [-0.1, -0.05) is 47.5 Å². The second kappa shape index (κ2) is 6.64. The van der Waals surface area contributed by atoms with E-state index in [1.807, 2.05) is 24.3 Å². The van der Waals surface area contributed by atoms with Crippen molar-refractivity contribution in [2.24, 2.45) is 0 Å². The monoisotopic (exact) mass is 308 g/mol. The van der Waals surface area contributed by atoms with Gasteiger partial charge in [-0.3, -0.25) is 4.79 Å². The molecule has 0 saturated carbocycles. The molecule has 0 aliphatic heterocycles. The highest BCUT2D eigenvalue weighted by Crippen LogP contribution is 2.29. The fourth-order valence-electron chi connectivity index (χ4n) is 1.82. The van der Waals surface area contributed by atoms with Gasteiger partial charge in [0.2, 0.25) is 5.91 Å². The highest BCUT2D eigenvalue weighted by Gasteiger charge is 2.09. The number of hydrogen-bond donors (Lipinski definition) is 2. The molecule has 3 N–H and O–H groups in total. The lowest BCUT2D eigenvalue weighted by atomic mass is 10.1. The van der Waals surface area contributed by atoms with Gasteiger partial charge in [-0.2, -0.15) is 0 Å². The van der Waals surface area contributed by atoms with Crippen LogP contribution in [0.1, 0.15) is 12.0 Å². The average molecular weight is 309 g/mol. The van der Waals surface area contributed by atoms with Crippen LogP contribution in [0, 0.1) is 0 Å². The molecule has 104 valence electrons. The number of nitrogens with two attached hydrogens (primary N) is 1. The first kappa shape index (κ1) is 14.7. The average Bonchev–Trinajstić information content (AvgIpc) is 2.43. The van der Waals surface area contributed by atoms with Gasteiger partial charge in [0, 0.05) is 12.1 Å². The summed E-state index contributed by atoms with van der Waals surface area (Å²) < 4.78 is 0. The van der Waals surface area contributed by atoms with Crippen LogP contribution in [0.2, 0.25) is 10.0 Å². The van der Waals surface area contributed by atoms with Gasteiger partial charge in [0.15, 0.2) is 0 Å². The van der Waals surface area contributed by atoms with Crippen LogP contribution in [0.5, 0.6) is 0 Å². The minimum absolute atomic E-state index is 0.127.